The number of hydrogen-bond donors (Lipinski definition) is 3. The van der Waals surface area contributed by atoms with Gasteiger partial charge in [-0.25, -0.2) is 9.59 Å². The van der Waals surface area contributed by atoms with Gasteiger partial charge in [-0.15, -0.1) is 0 Å². The summed E-state index contributed by atoms with van der Waals surface area (Å²) in [5, 5.41) is 13.9. The lowest BCUT2D eigenvalue weighted by atomic mass is 9.97. The van der Waals surface area contributed by atoms with E-state index in [4.69, 9.17) is 5.11 Å². The van der Waals surface area contributed by atoms with E-state index in [1.165, 1.54) is 18.4 Å². The standard InChI is InChI=1S/C13H22N2O3/c1-2-11(12(16)17)15-13(18)14-9-8-10-6-4-3-5-7-10/h6,11H,2-5,7-9H2,1H3,(H,16,17)(H2,14,15,18). The number of carbonyl (C=O) groups is 2. The highest BCUT2D eigenvalue weighted by molar-refractivity contribution is 5.82. The molecule has 1 aliphatic rings. The summed E-state index contributed by atoms with van der Waals surface area (Å²) >= 11 is 0. The fourth-order valence-electron chi connectivity index (χ4n) is 2.02. The smallest absolute Gasteiger partial charge is 0.326 e. The number of nitrogens with one attached hydrogen (secondary N) is 2. The summed E-state index contributed by atoms with van der Waals surface area (Å²) < 4.78 is 0. The van der Waals surface area contributed by atoms with Crippen molar-refractivity contribution in [2.45, 2.75) is 51.5 Å². The topological polar surface area (TPSA) is 78.4 Å². The molecule has 0 fully saturated rings. The molecule has 5 heteroatoms. The maximum absolute atomic E-state index is 11.5. The van der Waals surface area contributed by atoms with Gasteiger partial charge in [-0.2, -0.15) is 0 Å². The molecule has 5 nitrogen and oxygen atoms in total. The molecule has 0 saturated heterocycles. The molecule has 3 N–H and O–H groups in total. The molecule has 0 bridgehead atoms. The van der Waals surface area contributed by atoms with Crippen molar-refractivity contribution in [2.75, 3.05) is 6.54 Å². The van der Waals surface area contributed by atoms with Crippen molar-refractivity contribution in [2.24, 2.45) is 0 Å². The zero-order valence-corrected chi connectivity index (χ0v) is 10.9. The van der Waals surface area contributed by atoms with E-state index in [1.54, 1.807) is 6.92 Å². The highest BCUT2D eigenvalue weighted by Gasteiger charge is 2.16. The van der Waals surface area contributed by atoms with Crippen molar-refractivity contribution in [1.29, 1.82) is 0 Å². The van der Waals surface area contributed by atoms with Crippen LogP contribution in [0.15, 0.2) is 11.6 Å². The second-order valence-electron chi connectivity index (χ2n) is 4.56. The van der Waals surface area contributed by atoms with Crippen LogP contribution in [0.5, 0.6) is 0 Å². The average molecular weight is 254 g/mol. The number of carbonyl (C=O) groups excluding carboxylic acids is 1. The van der Waals surface area contributed by atoms with Crippen molar-refractivity contribution in [3.63, 3.8) is 0 Å². The van der Waals surface area contributed by atoms with Crippen LogP contribution in [0.1, 0.15) is 45.4 Å². The Morgan fingerprint density at radius 3 is 2.78 bits per heavy atom. The van der Waals surface area contributed by atoms with Crippen molar-refractivity contribution < 1.29 is 14.7 Å². The molecule has 0 saturated carbocycles. The highest BCUT2D eigenvalue weighted by Crippen LogP contribution is 2.19. The Balaban J connectivity index is 2.20. The first-order valence-electron chi connectivity index (χ1n) is 6.58. The Kier molecular flexibility index (Phi) is 6.25. The van der Waals surface area contributed by atoms with Gasteiger partial charge in [0.15, 0.2) is 0 Å². The van der Waals surface area contributed by atoms with E-state index >= 15 is 0 Å². The fourth-order valence-corrected chi connectivity index (χ4v) is 2.02. The zero-order chi connectivity index (χ0) is 13.4. The molecular weight excluding hydrogens is 232 g/mol. The predicted molar refractivity (Wildman–Crippen MR) is 69.4 cm³/mol. The highest BCUT2D eigenvalue weighted by atomic mass is 16.4. The van der Waals surface area contributed by atoms with Gasteiger partial charge in [-0.05, 0) is 38.5 Å². The van der Waals surface area contributed by atoms with Crippen molar-refractivity contribution in [3.8, 4) is 0 Å². The van der Waals surface area contributed by atoms with Gasteiger partial charge in [0, 0.05) is 6.54 Å². The summed E-state index contributed by atoms with van der Waals surface area (Å²) in [6.07, 6.45) is 8.23. The lowest BCUT2D eigenvalue weighted by Crippen LogP contribution is -2.45. The number of aliphatic carboxylic acids is 1. The molecule has 0 aliphatic heterocycles. The Morgan fingerprint density at radius 1 is 1.44 bits per heavy atom. The van der Waals surface area contributed by atoms with Crippen molar-refractivity contribution in [1.82, 2.24) is 10.6 Å². The van der Waals surface area contributed by atoms with Crippen LogP contribution in [0.4, 0.5) is 4.79 Å². The molecule has 2 amide bonds. The van der Waals surface area contributed by atoms with E-state index in [0.717, 1.165) is 19.3 Å². The minimum Gasteiger partial charge on any atom is -0.480 e. The van der Waals surface area contributed by atoms with Gasteiger partial charge in [0.1, 0.15) is 6.04 Å². The fraction of sp³-hybridized carbons (Fsp3) is 0.692. The minimum absolute atomic E-state index is 0.383. The molecule has 102 valence electrons. The summed E-state index contributed by atoms with van der Waals surface area (Å²) in [7, 11) is 0. The molecule has 0 spiro atoms. The van der Waals surface area contributed by atoms with Gasteiger partial charge in [0.05, 0.1) is 0 Å². The molecule has 1 rings (SSSR count). The summed E-state index contributed by atoms with van der Waals surface area (Å²) in [5.74, 6) is -0.998. The Bertz CT molecular complexity index is 326. The Labute approximate surface area is 108 Å². The van der Waals surface area contributed by atoms with Gasteiger partial charge in [-0.1, -0.05) is 18.6 Å². The van der Waals surface area contributed by atoms with Crippen LogP contribution < -0.4 is 10.6 Å². The third kappa shape index (κ3) is 5.21. The number of urea groups is 1. The molecule has 18 heavy (non-hydrogen) atoms. The first kappa shape index (κ1) is 14.5. The van der Waals surface area contributed by atoms with Crippen LogP contribution in [0.25, 0.3) is 0 Å². The van der Waals surface area contributed by atoms with E-state index in [2.05, 4.69) is 16.7 Å². The zero-order valence-electron chi connectivity index (χ0n) is 10.9. The molecule has 0 heterocycles. The van der Waals surface area contributed by atoms with E-state index in [1.807, 2.05) is 0 Å². The van der Waals surface area contributed by atoms with Crippen LogP contribution in [0.3, 0.4) is 0 Å². The minimum atomic E-state index is -0.998. The number of rotatable bonds is 6. The number of amides is 2. The molecule has 0 aromatic carbocycles. The Hall–Kier alpha value is -1.52. The van der Waals surface area contributed by atoms with Crippen LogP contribution >= 0.6 is 0 Å². The maximum atomic E-state index is 11.5. The molecular formula is C13H22N2O3. The Morgan fingerprint density at radius 2 is 2.22 bits per heavy atom. The largest absolute Gasteiger partial charge is 0.480 e. The van der Waals surface area contributed by atoms with Gasteiger partial charge in [0.25, 0.3) is 0 Å². The quantitative estimate of drug-likeness (QED) is 0.635. The van der Waals surface area contributed by atoms with Gasteiger partial charge >= 0.3 is 12.0 Å². The number of hydrogen-bond acceptors (Lipinski definition) is 2. The normalized spacial score (nSPS) is 16.6. The van der Waals surface area contributed by atoms with E-state index in [-0.39, 0.29) is 0 Å². The number of carboxylic acids is 1. The van der Waals surface area contributed by atoms with Crippen LogP contribution in [-0.4, -0.2) is 29.7 Å². The van der Waals surface area contributed by atoms with Gasteiger partial charge in [0.2, 0.25) is 0 Å². The SMILES string of the molecule is CCC(NC(=O)NCCC1=CCCCC1)C(=O)O. The first-order valence-corrected chi connectivity index (χ1v) is 6.58. The lowest BCUT2D eigenvalue weighted by molar-refractivity contribution is -0.139. The second kappa shape index (κ2) is 7.74. The summed E-state index contributed by atoms with van der Waals surface area (Å²) in [4.78, 5) is 22.2. The van der Waals surface area contributed by atoms with E-state index < -0.39 is 18.0 Å². The molecule has 0 aromatic rings. The number of carboxylic acid groups (broad SMARTS) is 1. The summed E-state index contributed by atoms with van der Waals surface area (Å²) in [5.41, 5.74) is 1.40. The van der Waals surface area contributed by atoms with Crippen LogP contribution in [-0.2, 0) is 4.79 Å². The molecule has 0 radical (unpaired) electrons. The summed E-state index contributed by atoms with van der Waals surface area (Å²) in [6.45, 7) is 2.29. The lowest BCUT2D eigenvalue weighted by Gasteiger charge is -2.15. The third-order valence-corrected chi connectivity index (χ3v) is 3.13. The van der Waals surface area contributed by atoms with Crippen molar-refractivity contribution in [3.05, 3.63) is 11.6 Å². The predicted octanol–water partition coefficient (Wildman–Crippen LogP) is 2.04. The van der Waals surface area contributed by atoms with E-state index in [9.17, 15) is 9.59 Å². The van der Waals surface area contributed by atoms with Crippen molar-refractivity contribution >= 4 is 12.0 Å². The molecule has 1 unspecified atom stereocenters. The van der Waals surface area contributed by atoms with E-state index in [0.29, 0.717) is 13.0 Å². The van der Waals surface area contributed by atoms with Gasteiger partial charge in [-0.3, -0.25) is 0 Å². The summed E-state index contributed by atoms with van der Waals surface area (Å²) in [6, 6.07) is -1.21. The molecule has 1 atom stereocenters. The van der Waals surface area contributed by atoms with Crippen LogP contribution in [0.2, 0.25) is 0 Å². The monoisotopic (exact) mass is 254 g/mol. The number of allylic oxidation sites excluding steroid dienone is 1. The molecule has 1 aliphatic carbocycles. The first-order chi connectivity index (χ1) is 8.63. The van der Waals surface area contributed by atoms with Crippen LogP contribution in [0, 0.1) is 0 Å². The average Bonchev–Trinajstić information content (AvgIpc) is 2.37. The maximum Gasteiger partial charge on any atom is 0.326 e. The molecule has 0 aromatic heterocycles. The third-order valence-electron chi connectivity index (χ3n) is 3.13. The second-order valence-corrected chi connectivity index (χ2v) is 4.56. The van der Waals surface area contributed by atoms with Gasteiger partial charge < -0.3 is 15.7 Å².